The first-order valence-corrected chi connectivity index (χ1v) is 5.97. The second-order valence-corrected chi connectivity index (χ2v) is 3.65. The maximum absolute atomic E-state index is 8.27. The fraction of sp³-hybridized carbons (Fsp3) is 0.444. The second-order valence-electron chi connectivity index (χ2n) is 3.65. The number of nitrogen functional groups attached to an aromatic ring is 2. The molecule has 0 aliphatic heterocycles. The van der Waals surface area contributed by atoms with Gasteiger partial charge in [0, 0.05) is 6.54 Å². The van der Waals surface area contributed by atoms with Crippen molar-refractivity contribution in [3.05, 3.63) is 0 Å². The van der Waals surface area contributed by atoms with Crippen molar-refractivity contribution in [3.63, 3.8) is 0 Å². The van der Waals surface area contributed by atoms with E-state index in [1.165, 1.54) is 0 Å². The number of guanidine groups is 2. The smallest absolute Gasteiger partial charge is 0.253 e. The van der Waals surface area contributed by atoms with Gasteiger partial charge in [-0.15, -0.1) is 12.4 Å². The summed E-state index contributed by atoms with van der Waals surface area (Å²) in [6, 6.07) is 0. The minimum atomic E-state index is -0.178. The van der Waals surface area contributed by atoms with Crippen LogP contribution in [0.15, 0.2) is 4.99 Å². The number of unbranched alkanes of at least 4 members (excludes halogenated alkanes) is 1. The van der Waals surface area contributed by atoms with Gasteiger partial charge in [0.1, 0.15) is 0 Å². The van der Waals surface area contributed by atoms with Gasteiger partial charge in [-0.25, -0.2) is 5.48 Å². The second kappa shape index (κ2) is 12.2. The van der Waals surface area contributed by atoms with Gasteiger partial charge in [0.15, 0.2) is 11.9 Å². The predicted octanol–water partition coefficient (Wildman–Crippen LogP) is -1.16. The highest BCUT2D eigenvalue weighted by atomic mass is 35.5. The van der Waals surface area contributed by atoms with E-state index in [0.717, 1.165) is 12.8 Å². The zero-order valence-electron chi connectivity index (χ0n) is 12.1. The molecule has 1 aromatic heterocycles. The molecular weight excluding hydrogens is 314 g/mol. The maximum Gasteiger partial charge on any atom is 0.253 e. The number of aliphatic imine (C=N–C) groups is 1. The van der Waals surface area contributed by atoms with Crippen LogP contribution in [0.1, 0.15) is 19.8 Å². The molecule has 22 heavy (non-hydrogen) atoms. The molecule has 0 aliphatic carbocycles. The number of nitrogens with two attached hydrogens (primary N) is 4. The van der Waals surface area contributed by atoms with Crippen molar-refractivity contribution in [1.82, 2.24) is 20.3 Å². The molecule has 126 valence electrons. The Morgan fingerprint density at radius 3 is 2.18 bits per heavy atom. The third-order valence-corrected chi connectivity index (χ3v) is 1.83. The van der Waals surface area contributed by atoms with Crippen LogP contribution >= 0.6 is 12.4 Å². The minimum absolute atomic E-state index is 0. The Hall–Kier alpha value is -2.60. The summed E-state index contributed by atoms with van der Waals surface area (Å²) in [7, 11) is 0. The van der Waals surface area contributed by atoms with Crippen molar-refractivity contribution in [2.24, 2.45) is 16.5 Å². The summed E-state index contributed by atoms with van der Waals surface area (Å²) in [6.45, 7) is 2.76. The van der Waals surface area contributed by atoms with Crippen LogP contribution in [-0.2, 0) is 0 Å². The van der Waals surface area contributed by atoms with Crippen molar-refractivity contribution >= 4 is 42.2 Å². The molecule has 1 heterocycles. The molecule has 1 aromatic rings. The minimum Gasteiger partial charge on any atom is -0.370 e. The van der Waals surface area contributed by atoms with E-state index in [0.29, 0.717) is 6.54 Å². The van der Waals surface area contributed by atoms with Gasteiger partial charge in [-0.05, 0) is 6.42 Å². The number of nitrogens with one attached hydrogen (secondary N) is 3. The van der Waals surface area contributed by atoms with Crippen LogP contribution in [0, 0.1) is 5.41 Å². The molecule has 0 atom stereocenters. The van der Waals surface area contributed by atoms with Gasteiger partial charge >= 0.3 is 0 Å². The quantitative estimate of drug-likeness (QED) is 0.142. The highest BCUT2D eigenvalue weighted by molar-refractivity contribution is 5.95. The van der Waals surface area contributed by atoms with Gasteiger partial charge in [-0.3, -0.25) is 20.9 Å². The van der Waals surface area contributed by atoms with Crippen molar-refractivity contribution in [3.8, 4) is 0 Å². The zero-order valence-corrected chi connectivity index (χ0v) is 12.9. The summed E-state index contributed by atoms with van der Waals surface area (Å²) in [5.41, 5.74) is 22.3. The SMILES string of the molecule is CCCCN=C(N)NC(=N)N.Cl.Nc1nc(N)nc(NO)n1. The highest BCUT2D eigenvalue weighted by Gasteiger charge is 1.97. The molecule has 0 aromatic carbocycles. The van der Waals surface area contributed by atoms with E-state index in [9.17, 15) is 0 Å². The van der Waals surface area contributed by atoms with E-state index in [1.807, 2.05) is 0 Å². The molecule has 0 unspecified atom stereocenters. The Labute approximate surface area is 133 Å². The van der Waals surface area contributed by atoms with Crippen molar-refractivity contribution < 1.29 is 5.21 Å². The molecule has 1 rings (SSSR count). The van der Waals surface area contributed by atoms with Crippen LogP contribution < -0.4 is 33.7 Å². The number of aromatic nitrogens is 3. The molecule has 13 heteroatoms. The normalized spacial score (nSPS) is 9.82. The Morgan fingerprint density at radius 2 is 1.77 bits per heavy atom. The molecule has 0 spiro atoms. The largest absolute Gasteiger partial charge is 0.370 e. The van der Waals surface area contributed by atoms with Crippen LogP contribution in [-0.4, -0.2) is 38.6 Å². The fourth-order valence-electron chi connectivity index (χ4n) is 0.994. The summed E-state index contributed by atoms with van der Waals surface area (Å²) in [6.07, 6.45) is 2.08. The van der Waals surface area contributed by atoms with Crippen LogP contribution in [0.3, 0.4) is 0 Å². The lowest BCUT2D eigenvalue weighted by atomic mass is 10.3. The maximum atomic E-state index is 8.27. The average molecular weight is 336 g/mol. The average Bonchev–Trinajstić information content (AvgIpc) is 2.37. The standard InChI is InChI=1S/C6H15N5.C3H6N6O.ClH/c1-2-3-4-10-6(9)11-5(7)8;4-1-6-2(5)8-3(7-1)9-10;/h2-4H2,1H3,(H6,7,8,9,10,11);10H,(H5,4,5,6,7,8,9);1H. The number of rotatable bonds is 4. The van der Waals surface area contributed by atoms with Crippen LogP contribution in [0.25, 0.3) is 0 Å². The molecule has 0 saturated carbocycles. The summed E-state index contributed by atoms with van der Waals surface area (Å²) < 4.78 is 0. The van der Waals surface area contributed by atoms with Crippen LogP contribution in [0.5, 0.6) is 0 Å². The predicted molar refractivity (Wildman–Crippen MR) is 87.8 cm³/mol. The van der Waals surface area contributed by atoms with Crippen LogP contribution in [0.2, 0.25) is 0 Å². The Morgan fingerprint density at radius 1 is 1.23 bits per heavy atom. The van der Waals surface area contributed by atoms with Gasteiger partial charge < -0.3 is 22.9 Å². The first-order chi connectivity index (χ1) is 9.88. The summed E-state index contributed by atoms with van der Waals surface area (Å²) in [4.78, 5) is 14.3. The van der Waals surface area contributed by atoms with E-state index in [-0.39, 0.29) is 42.2 Å². The van der Waals surface area contributed by atoms with Crippen LogP contribution in [0.4, 0.5) is 17.8 Å². The van der Waals surface area contributed by atoms with E-state index in [4.69, 9.17) is 33.6 Å². The van der Waals surface area contributed by atoms with Gasteiger partial charge in [0.2, 0.25) is 11.9 Å². The molecule has 0 amide bonds. The van der Waals surface area contributed by atoms with Crippen molar-refractivity contribution in [2.45, 2.75) is 19.8 Å². The third kappa shape index (κ3) is 11.2. The monoisotopic (exact) mass is 335 g/mol. The molecule has 0 bridgehead atoms. The van der Waals surface area contributed by atoms with Gasteiger partial charge in [0.05, 0.1) is 0 Å². The van der Waals surface area contributed by atoms with Crippen molar-refractivity contribution in [1.29, 1.82) is 5.41 Å². The number of halogens is 1. The molecule has 12 N–H and O–H groups in total. The van der Waals surface area contributed by atoms with Gasteiger partial charge in [0.25, 0.3) is 5.95 Å². The summed E-state index contributed by atoms with van der Waals surface area (Å²) >= 11 is 0. The molecule has 0 saturated heterocycles. The first-order valence-electron chi connectivity index (χ1n) is 5.97. The molecule has 12 nitrogen and oxygen atoms in total. The van der Waals surface area contributed by atoms with Crippen molar-refractivity contribution in [2.75, 3.05) is 23.5 Å². The number of hydrogen-bond donors (Lipinski definition) is 8. The summed E-state index contributed by atoms with van der Waals surface area (Å²) in [5.74, 6) is -0.105. The highest BCUT2D eigenvalue weighted by Crippen LogP contribution is 2.00. The number of anilines is 3. The Kier molecular flexibility index (Phi) is 12.0. The van der Waals surface area contributed by atoms with E-state index >= 15 is 0 Å². The number of nitrogens with zero attached hydrogens (tertiary/aromatic N) is 4. The van der Waals surface area contributed by atoms with E-state index in [2.05, 4.69) is 32.2 Å². The third-order valence-electron chi connectivity index (χ3n) is 1.83. The summed E-state index contributed by atoms with van der Waals surface area (Å²) in [5, 5.41) is 17.5. The lowest BCUT2D eigenvalue weighted by Gasteiger charge is -2.00. The van der Waals surface area contributed by atoms with Gasteiger partial charge in [-0.1, -0.05) is 13.3 Å². The fourth-order valence-corrected chi connectivity index (χ4v) is 0.994. The molecule has 0 aliphatic rings. The molecule has 0 radical (unpaired) electrons. The van der Waals surface area contributed by atoms with Gasteiger partial charge in [-0.2, -0.15) is 15.0 Å². The Bertz CT molecular complexity index is 460. The topological polar surface area (TPSA) is 223 Å². The Balaban J connectivity index is 0. The lowest BCUT2D eigenvalue weighted by molar-refractivity contribution is 0.382. The first kappa shape index (κ1) is 21.7. The zero-order chi connectivity index (χ0) is 16.3. The van der Waals surface area contributed by atoms with E-state index < -0.39 is 0 Å². The molecule has 0 fully saturated rings. The lowest BCUT2D eigenvalue weighted by Crippen LogP contribution is -2.40. The number of hydrogen-bond acceptors (Lipinski definition) is 9. The van der Waals surface area contributed by atoms with E-state index in [1.54, 1.807) is 5.48 Å². The molecular formula is C9H22ClN11O.